The minimum Gasteiger partial charge on any atom is -0.356 e. The Bertz CT molecular complexity index is 625. The van der Waals surface area contributed by atoms with Crippen molar-refractivity contribution in [2.75, 3.05) is 66.5 Å². The summed E-state index contributed by atoms with van der Waals surface area (Å²) in [6.45, 7) is 11.1. The number of nitrogens with zero attached hydrogens (tertiary/aromatic N) is 4. The van der Waals surface area contributed by atoms with Gasteiger partial charge in [-0.2, -0.15) is 0 Å². The van der Waals surface area contributed by atoms with Gasteiger partial charge < -0.3 is 15.5 Å². The van der Waals surface area contributed by atoms with Crippen molar-refractivity contribution in [3.05, 3.63) is 35.9 Å². The number of rotatable bonds is 8. The second-order valence-electron chi connectivity index (χ2n) is 8.38. The fourth-order valence-corrected chi connectivity index (χ4v) is 4.68. The molecule has 2 aliphatic rings. The number of likely N-dealkylation sites (N-methyl/N-ethyl adjacent to an activating group) is 2. The second-order valence-corrected chi connectivity index (χ2v) is 8.38. The van der Waals surface area contributed by atoms with E-state index in [1.165, 1.54) is 24.9 Å². The minimum absolute atomic E-state index is 0. The van der Waals surface area contributed by atoms with Crippen molar-refractivity contribution >= 4 is 29.9 Å². The Kier molecular flexibility index (Phi) is 11.4. The highest BCUT2D eigenvalue weighted by Crippen LogP contribution is 2.24. The van der Waals surface area contributed by atoms with E-state index in [2.05, 4.69) is 74.6 Å². The van der Waals surface area contributed by atoms with Gasteiger partial charge in [-0.1, -0.05) is 37.3 Å². The molecule has 0 amide bonds. The van der Waals surface area contributed by atoms with Crippen LogP contribution < -0.4 is 10.6 Å². The van der Waals surface area contributed by atoms with E-state index >= 15 is 0 Å². The number of likely N-dealkylation sites (tertiary alicyclic amines) is 1. The van der Waals surface area contributed by atoms with Crippen molar-refractivity contribution in [2.45, 2.75) is 38.3 Å². The monoisotopic (exact) mass is 528 g/mol. The lowest BCUT2D eigenvalue weighted by molar-refractivity contribution is 0.0891. The highest BCUT2D eigenvalue weighted by Gasteiger charge is 2.26. The Labute approximate surface area is 200 Å². The zero-order chi connectivity index (χ0) is 20.5. The Balaban J connectivity index is 0.00000320. The number of halogens is 1. The predicted molar refractivity (Wildman–Crippen MR) is 138 cm³/mol. The molecule has 0 aromatic heterocycles. The van der Waals surface area contributed by atoms with Crippen LogP contribution in [0.1, 0.15) is 37.8 Å². The summed E-state index contributed by atoms with van der Waals surface area (Å²) in [5, 5.41) is 7.04. The van der Waals surface area contributed by atoms with Gasteiger partial charge in [-0.05, 0) is 45.0 Å². The molecule has 0 bridgehead atoms. The van der Waals surface area contributed by atoms with Gasteiger partial charge >= 0.3 is 0 Å². The molecule has 2 aliphatic heterocycles. The van der Waals surface area contributed by atoms with Gasteiger partial charge in [-0.3, -0.25) is 14.8 Å². The second kappa shape index (κ2) is 13.5. The first kappa shape index (κ1) is 25.4. The summed E-state index contributed by atoms with van der Waals surface area (Å²) >= 11 is 0. The van der Waals surface area contributed by atoms with Crippen LogP contribution in [0.3, 0.4) is 0 Å². The smallest absolute Gasteiger partial charge is 0.191 e. The zero-order valence-electron chi connectivity index (χ0n) is 19.0. The third kappa shape index (κ3) is 7.35. The molecule has 7 heteroatoms. The van der Waals surface area contributed by atoms with Crippen LogP contribution in [0.5, 0.6) is 0 Å². The largest absolute Gasteiger partial charge is 0.356 e. The van der Waals surface area contributed by atoms with Gasteiger partial charge in [-0.25, -0.2) is 0 Å². The topological polar surface area (TPSA) is 46.1 Å². The van der Waals surface area contributed by atoms with Gasteiger partial charge in [0.2, 0.25) is 0 Å². The zero-order valence-corrected chi connectivity index (χ0v) is 21.3. The maximum atomic E-state index is 4.41. The lowest BCUT2D eigenvalue weighted by atomic mass is 10.0. The maximum Gasteiger partial charge on any atom is 0.191 e. The summed E-state index contributed by atoms with van der Waals surface area (Å²) in [6, 6.07) is 12.1. The van der Waals surface area contributed by atoms with Crippen molar-refractivity contribution in [3.8, 4) is 0 Å². The predicted octanol–water partition coefficient (Wildman–Crippen LogP) is 2.63. The fourth-order valence-electron chi connectivity index (χ4n) is 4.68. The van der Waals surface area contributed by atoms with E-state index in [4.69, 9.17) is 0 Å². The molecule has 2 heterocycles. The van der Waals surface area contributed by atoms with Crippen LogP contribution in [0.2, 0.25) is 0 Å². The molecule has 0 aliphatic carbocycles. The van der Waals surface area contributed by atoms with Gasteiger partial charge in [0.05, 0.1) is 0 Å². The van der Waals surface area contributed by atoms with E-state index in [1.807, 2.05) is 7.05 Å². The van der Waals surface area contributed by atoms with Crippen LogP contribution in [-0.4, -0.2) is 93.2 Å². The number of hydrogen-bond donors (Lipinski definition) is 2. The normalized spacial score (nSPS) is 23.9. The first-order valence-corrected chi connectivity index (χ1v) is 11.4. The average Bonchev–Trinajstić information content (AvgIpc) is 3.22. The van der Waals surface area contributed by atoms with E-state index in [0.717, 1.165) is 58.2 Å². The number of piperazine rings is 1. The Morgan fingerprint density at radius 3 is 2.63 bits per heavy atom. The molecule has 0 radical (unpaired) electrons. The summed E-state index contributed by atoms with van der Waals surface area (Å²) < 4.78 is 0. The molecule has 30 heavy (non-hydrogen) atoms. The Morgan fingerprint density at radius 1 is 1.10 bits per heavy atom. The minimum atomic E-state index is 0. The van der Waals surface area contributed by atoms with E-state index < -0.39 is 0 Å². The van der Waals surface area contributed by atoms with E-state index in [1.54, 1.807) is 0 Å². The van der Waals surface area contributed by atoms with Gasteiger partial charge in [-0.15, -0.1) is 24.0 Å². The van der Waals surface area contributed by atoms with Gasteiger partial charge in [0, 0.05) is 58.4 Å². The fraction of sp³-hybridized carbons (Fsp3) is 0.696. The summed E-state index contributed by atoms with van der Waals surface area (Å²) in [4.78, 5) is 12.1. The van der Waals surface area contributed by atoms with Crippen molar-refractivity contribution in [1.29, 1.82) is 0 Å². The molecule has 0 saturated carbocycles. The first-order valence-electron chi connectivity index (χ1n) is 11.4. The molecule has 2 fully saturated rings. The van der Waals surface area contributed by atoms with Gasteiger partial charge in [0.25, 0.3) is 0 Å². The van der Waals surface area contributed by atoms with Crippen molar-refractivity contribution in [1.82, 2.24) is 25.3 Å². The van der Waals surface area contributed by atoms with Gasteiger partial charge in [0.15, 0.2) is 5.96 Å². The SMILES string of the molecule is CCN1CCCC1CNC(=NC)NCCCN1CCN(C)CC1c1ccccc1.I. The van der Waals surface area contributed by atoms with Crippen LogP contribution >= 0.6 is 24.0 Å². The lowest BCUT2D eigenvalue weighted by Gasteiger charge is -2.40. The average molecular weight is 529 g/mol. The van der Waals surface area contributed by atoms with Gasteiger partial charge in [0.1, 0.15) is 0 Å². The summed E-state index contributed by atoms with van der Waals surface area (Å²) in [5.74, 6) is 0.936. The van der Waals surface area contributed by atoms with Crippen molar-refractivity contribution in [3.63, 3.8) is 0 Å². The van der Waals surface area contributed by atoms with E-state index in [9.17, 15) is 0 Å². The first-order chi connectivity index (χ1) is 14.2. The standard InChI is InChI=1S/C23H40N6.HI/c1-4-28-14-8-12-21(28)18-26-23(24-2)25-13-9-15-29-17-16-27(3)19-22(29)20-10-6-5-7-11-20;/h5-7,10-11,21-22H,4,8-9,12-19H2,1-3H3,(H2,24,25,26);1H. The number of guanidine groups is 1. The van der Waals surface area contributed by atoms with E-state index in [-0.39, 0.29) is 24.0 Å². The van der Waals surface area contributed by atoms with Crippen LogP contribution in [0.25, 0.3) is 0 Å². The molecular weight excluding hydrogens is 487 g/mol. The highest BCUT2D eigenvalue weighted by atomic mass is 127. The molecule has 2 N–H and O–H groups in total. The molecule has 2 saturated heterocycles. The molecule has 2 unspecified atom stereocenters. The van der Waals surface area contributed by atoms with Crippen LogP contribution in [-0.2, 0) is 0 Å². The quantitative estimate of drug-likeness (QED) is 0.235. The van der Waals surface area contributed by atoms with E-state index in [0.29, 0.717) is 12.1 Å². The molecule has 3 rings (SSSR count). The summed E-state index contributed by atoms with van der Waals surface area (Å²) in [7, 11) is 4.10. The third-order valence-corrected chi connectivity index (χ3v) is 6.43. The molecule has 170 valence electrons. The summed E-state index contributed by atoms with van der Waals surface area (Å²) in [5.41, 5.74) is 1.43. The third-order valence-electron chi connectivity index (χ3n) is 6.43. The van der Waals surface area contributed by atoms with Crippen molar-refractivity contribution < 1.29 is 0 Å². The highest BCUT2D eigenvalue weighted by molar-refractivity contribution is 14.0. The Hall–Kier alpha value is -0.900. The van der Waals surface area contributed by atoms with Crippen LogP contribution in [0, 0.1) is 0 Å². The number of hydrogen-bond acceptors (Lipinski definition) is 4. The van der Waals surface area contributed by atoms with Crippen LogP contribution in [0.15, 0.2) is 35.3 Å². The molecule has 0 spiro atoms. The Morgan fingerprint density at radius 2 is 1.90 bits per heavy atom. The van der Waals surface area contributed by atoms with Crippen LogP contribution in [0.4, 0.5) is 0 Å². The number of aliphatic imine (C=N–C) groups is 1. The number of nitrogens with one attached hydrogen (secondary N) is 2. The molecule has 6 nitrogen and oxygen atoms in total. The molecule has 2 atom stereocenters. The summed E-state index contributed by atoms with van der Waals surface area (Å²) in [6.07, 6.45) is 3.74. The number of benzene rings is 1. The maximum absolute atomic E-state index is 4.41. The van der Waals surface area contributed by atoms with Crippen molar-refractivity contribution in [2.24, 2.45) is 4.99 Å². The molecule has 1 aromatic rings. The molecule has 1 aromatic carbocycles. The lowest BCUT2D eigenvalue weighted by Crippen LogP contribution is -2.48. The molecular formula is C23H41IN6.